The quantitative estimate of drug-likeness (QED) is 0.681. The Morgan fingerprint density at radius 2 is 2.12 bits per heavy atom. The summed E-state index contributed by atoms with van der Waals surface area (Å²) >= 11 is 3.34. The second-order valence-corrected chi connectivity index (χ2v) is 4.21. The molecule has 0 bridgehead atoms. The molecule has 1 rings (SSSR count). The van der Waals surface area contributed by atoms with E-state index in [1.807, 2.05) is 6.07 Å². The lowest BCUT2D eigenvalue weighted by atomic mass is 10.3. The maximum Gasteiger partial charge on any atom is 0.173 e. The molecule has 0 saturated heterocycles. The average molecular weight is 291 g/mol. The summed E-state index contributed by atoms with van der Waals surface area (Å²) in [6.07, 6.45) is 2.80. The molecule has 4 nitrogen and oxygen atoms in total. The highest BCUT2D eigenvalue weighted by Gasteiger charge is 2.00. The van der Waals surface area contributed by atoms with Crippen LogP contribution >= 0.6 is 15.9 Å². The summed E-state index contributed by atoms with van der Waals surface area (Å²) in [6.45, 7) is 4.55. The molecule has 1 aromatic rings. The molecule has 0 amide bonds. The minimum Gasteiger partial charge on any atom is -0.457 e. The molecule has 0 spiro atoms. The van der Waals surface area contributed by atoms with Crippen molar-refractivity contribution in [3.05, 3.63) is 22.6 Å². The summed E-state index contributed by atoms with van der Waals surface area (Å²) in [5, 5.41) is 6.66. The molecule has 0 aliphatic heterocycles. The van der Waals surface area contributed by atoms with Crippen LogP contribution < -0.4 is 10.6 Å². The van der Waals surface area contributed by atoms with Crippen molar-refractivity contribution in [1.82, 2.24) is 10.6 Å². The highest BCUT2D eigenvalue weighted by molar-refractivity contribution is 9.10. The minimum atomic E-state index is 0.773. The molecule has 0 radical (unpaired) electrons. The first-order valence-corrected chi connectivity index (χ1v) is 6.26. The first-order valence-electron chi connectivity index (χ1n) is 5.47. The third-order valence-corrected chi connectivity index (χ3v) is 2.89. The van der Waals surface area contributed by atoms with E-state index in [1.165, 1.54) is 0 Å². The number of ether oxygens (including phenoxy) is 1. The van der Waals surface area contributed by atoms with Crippen LogP contribution in [0.5, 0.6) is 0 Å². The van der Waals surface area contributed by atoms with E-state index in [9.17, 15) is 0 Å². The monoisotopic (exact) mass is 290 g/mol. The largest absolute Gasteiger partial charge is 0.457 e. The number of methoxy groups -OCH3 is 1. The van der Waals surface area contributed by atoms with Gasteiger partial charge in [0.15, 0.2) is 4.67 Å². The van der Waals surface area contributed by atoms with E-state index in [2.05, 4.69) is 26.6 Å². The van der Waals surface area contributed by atoms with E-state index in [4.69, 9.17) is 9.15 Å². The van der Waals surface area contributed by atoms with Crippen molar-refractivity contribution in [2.45, 2.75) is 13.0 Å². The van der Waals surface area contributed by atoms with Gasteiger partial charge in [0.25, 0.3) is 0 Å². The van der Waals surface area contributed by atoms with Crippen LogP contribution in [-0.2, 0) is 11.3 Å². The van der Waals surface area contributed by atoms with Crippen LogP contribution in [0.1, 0.15) is 12.0 Å². The third-order valence-electron chi connectivity index (χ3n) is 2.20. The summed E-state index contributed by atoms with van der Waals surface area (Å²) in [4.78, 5) is 0. The lowest BCUT2D eigenvalue weighted by Crippen LogP contribution is -2.24. The Morgan fingerprint density at radius 1 is 1.31 bits per heavy atom. The molecule has 2 N–H and O–H groups in total. The molecule has 0 saturated carbocycles. The molecule has 0 unspecified atom stereocenters. The van der Waals surface area contributed by atoms with Gasteiger partial charge in [-0.05, 0) is 41.5 Å². The van der Waals surface area contributed by atoms with Crippen molar-refractivity contribution >= 4 is 15.9 Å². The second-order valence-electron chi connectivity index (χ2n) is 3.49. The average Bonchev–Trinajstić information content (AvgIpc) is 2.68. The fraction of sp³-hybridized carbons (Fsp3) is 0.636. The molecule has 92 valence electrons. The third kappa shape index (κ3) is 5.65. The van der Waals surface area contributed by atoms with Crippen LogP contribution in [-0.4, -0.2) is 33.4 Å². The van der Waals surface area contributed by atoms with Gasteiger partial charge < -0.3 is 19.8 Å². The van der Waals surface area contributed by atoms with Crippen LogP contribution in [0.25, 0.3) is 0 Å². The number of hydrogen-bond acceptors (Lipinski definition) is 4. The Kier molecular flexibility index (Phi) is 7.50. The zero-order valence-corrected chi connectivity index (χ0v) is 11.2. The maximum absolute atomic E-state index is 5.14. The fourth-order valence-electron chi connectivity index (χ4n) is 1.31. The molecule has 0 aromatic carbocycles. The fourth-order valence-corrected chi connectivity index (χ4v) is 1.69. The SMILES string of the molecule is COCCNCCCNCc1ccoc1Br. The Hall–Kier alpha value is -0.360. The second kappa shape index (κ2) is 8.75. The first-order chi connectivity index (χ1) is 7.84. The van der Waals surface area contributed by atoms with E-state index in [0.717, 1.165) is 49.4 Å². The summed E-state index contributed by atoms with van der Waals surface area (Å²) in [5.41, 5.74) is 1.16. The van der Waals surface area contributed by atoms with Crippen molar-refractivity contribution < 1.29 is 9.15 Å². The summed E-state index contributed by atoms with van der Waals surface area (Å²) in [6, 6.07) is 1.97. The predicted molar refractivity (Wildman–Crippen MR) is 67.5 cm³/mol. The van der Waals surface area contributed by atoms with Gasteiger partial charge in [-0.3, -0.25) is 0 Å². The van der Waals surface area contributed by atoms with Crippen molar-refractivity contribution in [2.24, 2.45) is 0 Å². The van der Waals surface area contributed by atoms with Gasteiger partial charge in [0.1, 0.15) is 0 Å². The molecular formula is C11H19BrN2O2. The molecule has 0 aliphatic rings. The lowest BCUT2D eigenvalue weighted by Gasteiger charge is -2.05. The Morgan fingerprint density at radius 3 is 2.81 bits per heavy atom. The molecule has 1 heterocycles. The van der Waals surface area contributed by atoms with Gasteiger partial charge in [-0.2, -0.15) is 0 Å². The van der Waals surface area contributed by atoms with E-state index < -0.39 is 0 Å². The number of nitrogens with one attached hydrogen (secondary N) is 2. The van der Waals surface area contributed by atoms with Gasteiger partial charge in [0.05, 0.1) is 12.9 Å². The van der Waals surface area contributed by atoms with Gasteiger partial charge in [-0.25, -0.2) is 0 Å². The Labute approximate surface area is 105 Å². The van der Waals surface area contributed by atoms with E-state index >= 15 is 0 Å². The van der Waals surface area contributed by atoms with Crippen molar-refractivity contribution in [2.75, 3.05) is 33.4 Å². The van der Waals surface area contributed by atoms with Crippen molar-refractivity contribution in [3.8, 4) is 0 Å². The van der Waals surface area contributed by atoms with Crippen LogP contribution in [0.3, 0.4) is 0 Å². The molecule has 0 fully saturated rings. The number of halogens is 1. The zero-order chi connectivity index (χ0) is 11.6. The standard InChI is InChI=1S/C11H19BrN2O2/c1-15-8-6-13-4-2-5-14-9-10-3-7-16-11(10)12/h3,7,13-14H,2,4-6,8-9H2,1H3. The smallest absolute Gasteiger partial charge is 0.173 e. The first kappa shape index (κ1) is 13.7. The number of hydrogen-bond donors (Lipinski definition) is 2. The van der Waals surface area contributed by atoms with Gasteiger partial charge in [0, 0.05) is 25.8 Å². The van der Waals surface area contributed by atoms with E-state index in [0.29, 0.717) is 0 Å². The van der Waals surface area contributed by atoms with Gasteiger partial charge in [-0.15, -0.1) is 0 Å². The van der Waals surface area contributed by atoms with Crippen molar-refractivity contribution in [1.29, 1.82) is 0 Å². The lowest BCUT2D eigenvalue weighted by molar-refractivity contribution is 0.199. The normalized spacial score (nSPS) is 10.9. The highest BCUT2D eigenvalue weighted by atomic mass is 79.9. The van der Waals surface area contributed by atoms with Crippen LogP contribution in [0.4, 0.5) is 0 Å². The summed E-state index contributed by atoms with van der Waals surface area (Å²) < 4.78 is 10.9. The van der Waals surface area contributed by atoms with Gasteiger partial charge in [-0.1, -0.05) is 0 Å². The van der Waals surface area contributed by atoms with Crippen molar-refractivity contribution in [3.63, 3.8) is 0 Å². The van der Waals surface area contributed by atoms with E-state index in [1.54, 1.807) is 13.4 Å². The highest BCUT2D eigenvalue weighted by Crippen LogP contribution is 2.16. The topological polar surface area (TPSA) is 46.4 Å². The molecule has 0 atom stereocenters. The van der Waals surface area contributed by atoms with Gasteiger partial charge in [0.2, 0.25) is 0 Å². The molecule has 1 aromatic heterocycles. The number of rotatable bonds is 9. The summed E-state index contributed by atoms with van der Waals surface area (Å²) in [7, 11) is 1.71. The predicted octanol–water partition coefficient (Wildman–Crippen LogP) is 1.76. The molecule has 0 aliphatic carbocycles. The van der Waals surface area contributed by atoms with Crippen LogP contribution in [0.15, 0.2) is 21.4 Å². The minimum absolute atomic E-state index is 0.773. The maximum atomic E-state index is 5.14. The summed E-state index contributed by atoms with van der Waals surface area (Å²) in [5.74, 6) is 0. The van der Waals surface area contributed by atoms with Gasteiger partial charge >= 0.3 is 0 Å². The zero-order valence-electron chi connectivity index (χ0n) is 9.59. The molecule has 5 heteroatoms. The molecular weight excluding hydrogens is 272 g/mol. The van der Waals surface area contributed by atoms with E-state index in [-0.39, 0.29) is 0 Å². The Balaban J connectivity index is 1.91. The number of furan rings is 1. The Bertz CT molecular complexity index is 279. The van der Waals surface area contributed by atoms with Crippen LogP contribution in [0, 0.1) is 0 Å². The molecule has 16 heavy (non-hydrogen) atoms. The van der Waals surface area contributed by atoms with Crippen LogP contribution in [0.2, 0.25) is 0 Å².